The van der Waals surface area contributed by atoms with Crippen molar-refractivity contribution in [1.29, 1.82) is 0 Å². The first kappa shape index (κ1) is 17.2. The van der Waals surface area contributed by atoms with Crippen molar-refractivity contribution in [3.05, 3.63) is 70.0 Å². The minimum Gasteiger partial charge on any atom is -0.481 e. The molecule has 1 heterocycles. The van der Waals surface area contributed by atoms with E-state index >= 15 is 0 Å². The number of rotatable bonds is 6. The summed E-state index contributed by atoms with van der Waals surface area (Å²) in [6, 6.07) is 12.8. The number of benzene rings is 2. The van der Waals surface area contributed by atoms with Gasteiger partial charge in [-0.1, -0.05) is 41.4 Å². The van der Waals surface area contributed by atoms with E-state index in [1.54, 1.807) is 18.2 Å². The summed E-state index contributed by atoms with van der Waals surface area (Å²) in [7, 11) is 0. The normalized spacial score (nSPS) is 11.1. The van der Waals surface area contributed by atoms with Gasteiger partial charge in [0, 0.05) is 27.2 Å². The molecule has 0 aliphatic heterocycles. The van der Waals surface area contributed by atoms with Gasteiger partial charge in [-0.05, 0) is 30.3 Å². The average Bonchev–Trinajstić information content (AvgIpc) is 2.94. The van der Waals surface area contributed by atoms with Crippen LogP contribution in [-0.2, 0) is 4.74 Å². The number of aromatic amines is 1. The third kappa shape index (κ3) is 3.90. The van der Waals surface area contributed by atoms with Crippen molar-refractivity contribution in [3.63, 3.8) is 0 Å². The van der Waals surface area contributed by atoms with E-state index < -0.39 is 5.97 Å². The lowest BCUT2D eigenvalue weighted by Crippen LogP contribution is -2.02. The first-order valence-corrected chi connectivity index (χ1v) is 8.13. The Morgan fingerprint density at radius 1 is 1.24 bits per heavy atom. The molecule has 3 rings (SSSR count). The number of aromatic carboxylic acids is 1. The molecule has 0 aliphatic rings. The van der Waals surface area contributed by atoms with Crippen LogP contribution in [0.4, 0.5) is 5.69 Å². The standard InChI is InChI=1S/C18H14Cl2N2O3/c19-11-8-14(20)16-13(17(18(23)24)22-15(16)9-11)6-7-25-10-21-12-4-2-1-3-5-12/h1-9,21-22H,10H2,(H,23,24)/b7-6+. The molecule has 0 amide bonds. The zero-order valence-corrected chi connectivity index (χ0v) is 14.4. The van der Waals surface area contributed by atoms with Crippen LogP contribution in [0.25, 0.3) is 17.0 Å². The van der Waals surface area contributed by atoms with E-state index in [4.69, 9.17) is 27.9 Å². The molecule has 0 unspecified atom stereocenters. The molecule has 0 fully saturated rings. The second-order valence-corrected chi connectivity index (χ2v) is 6.03. The van der Waals surface area contributed by atoms with E-state index in [0.717, 1.165) is 5.69 Å². The minimum absolute atomic E-state index is 0.0232. The molecule has 0 aliphatic carbocycles. The number of para-hydroxylation sites is 1. The van der Waals surface area contributed by atoms with E-state index in [1.165, 1.54) is 6.26 Å². The number of hydrogen-bond donors (Lipinski definition) is 3. The molecule has 1 aromatic heterocycles. The van der Waals surface area contributed by atoms with Crippen LogP contribution >= 0.6 is 23.2 Å². The molecule has 3 N–H and O–H groups in total. The lowest BCUT2D eigenvalue weighted by molar-refractivity contribution is 0.0691. The molecule has 25 heavy (non-hydrogen) atoms. The topological polar surface area (TPSA) is 74.3 Å². The molecule has 0 saturated heterocycles. The van der Waals surface area contributed by atoms with Gasteiger partial charge in [0.25, 0.3) is 0 Å². The fourth-order valence-corrected chi connectivity index (χ4v) is 3.05. The second-order valence-electron chi connectivity index (χ2n) is 5.19. The minimum atomic E-state index is -1.09. The van der Waals surface area contributed by atoms with Gasteiger partial charge in [0.1, 0.15) is 5.69 Å². The van der Waals surface area contributed by atoms with Crippen LogP contribution in [0.2, 0.25) is 10.0 Å². The summed E-state index contributed by atoms with van der Waals surface area (Å²) in [4.78, 5) is 14.3. The quantitative estimate of drug-likeness (QED) is 0.312. The van der Waals surface area contributed by atoms with Crippen molar-refractivity contribution in [2.24, 2.45) is 0 Å². The molecule has 128 valence electrons. The zero-order valence-electron chi connectivity index (χ0n) is 12.9. The number of ether oxygens (including phenoxy) is 1. The number of halogens is 2. The predicted octanol–water partition coefficient (Wildman–Crippen LogP) is 5.23. The Morgan fingerprint density at radius 2 is 2.00 bits per heavy atom. The number of fused-ring (bicyclic) bond motifs is 1. The molecule has 0 bridgehead atoms. The van der Waals surface area contributed by atoms with Gasteiger partial charge in [-0.25, -0.2) is 4.79 Å². The third-order valence-corrected chi connectivity index (χ3v) is 4.05. The third-order valence-electron chi connectivity index (χ3n) is 3.53. The number of H-pyrrole nitrogens is 1. The first-order chi connectivity index (χ1) is 12.1. The van der Waals surface area contributed by atoms with Gasteiger partial charge in [-0.15, -0.1) is 0 Å². The van der Waals surface area contributed by atoms with Crippen molar-refractivity contribution in [3.8, 4) is 0 Å². The predicted molar refractivity (Wildman–Crippen MR) is 100 cm³/mol. The van der Waals surface area contributed by atoms with Crippen molar-refractivity contribution >= 4 is 51.8 Å². The number of nitrogens with one attached hydrogen (secondary N) is 2. The molecular weight excluding hydrogens is 363 g/mol. The lowest BCUT2D eigenvalue weighted by atomic mass is 10.1. The van der Waals surface area contributed by atoms with E-state index in [1.807, 2.05) is 30.3 Å². The molecule has 3 aromatic rings. The molecule has 0 spiro atoms. The van der Waals surface area contributed by atoms with Gasteiger partial charge < -0.3 is 20.1 Å². The molecule has 0 saturated carbocycles. The monoisotopic (exact) mass is 376 g/mol. The fourth-order valence-electron chi connectivity index (χ4n) is 2.45. The zero-order chi connectivity index (χ0) is 17.8. The molecule has 2 aromatic carbocycles. The summed E-state index contributed by atoms with van der Waals surface area (Å²) in [6.45, 7) is 0.241. The SMILES string of the molecule is O=C(O)c1[nH]c2cc(Cl)cc(Cl)c2c1/C=C/OCNc1ccccc1. The Kier molecular flexibility index (Phi) is 5.16. The van der Waals surface area contributed by atoms with Crippen LogP contribution in [0, 0.1) is 0 Å². The van der Waals surface area contributed by atoms with Crippen LogP contribution in [-0.4, -0.2) is 22.8 Å². The van der Waals surface area contributed by atoms with Gasteiger partial charge in [0.15, 0.2) is 6.73 Å². The average molecular weight is 377 g/mol. The van der Waals surface area contributed by atoms with E-state index in [0.29, 0.717) is 26.5 Å². The van der Waals surface area contributed by atoms with Crippen molar-refractivity contribution < 1.29 is 14.6 Å². The summed E-state index contributed by atoms with van der Waals surface area (Å²) in [5.41, 5.74) is 1.93. The van der Waals surface area contributed by atoms with E-state index in [9.17, 15) is 9.90 Å². The maximum Gasteiger partial charge on any atom is 0.352 e. The summed E-state index contributed by atoms with van der Waals surface area (Å²) in [5, 5.41) is 13.8. The largest absolute Gasteiger partial charge is 0.481 e. The van der Waals surface area contributed by atoms with Crippen molar-refractivity contribution in [1.82, 2.24) is 4.98 Å². The van der Waals surface area contributed by atoms with Crippen LogP contribution in [0.1, 0.15) is 16.1 Å². The second kappa shape index (κ2) is 7.51. The van der Waals surface area contributed by atoms with Gasteiger partial charge in [0.2, 0.25) is 0 Å². The Labute approximate surface area is 153 Å². The number of carbonyl (C=O) groups is 1. The summed E-state index contributed by atoms with van der Waals surface area (Å²) < 4.78 is 5.39. The van der Waals surface area contributed by atoms with Gasteiger partial charge in [0.05, 0.1) is 11.3 Å². The van der Waals surface area contributed by atoms with Crippen LogP contribution < -0.4 is 5.32 Å². The number of carboxylic acid groups (broad SMARTS) is 1. The highest BCUT2D eigenvalue weighted by Crippen LogP contribution is 2.33. The summed E-state index contributed by atoms with van der Waals surface area (Å²) in [6.07, 6.45) is 2.99. The van der Waals surface area contributed by atoms with Gasteiger partial charge in [-0.2, -0.15) is 0 Å². The molecular formula is C18H14Cl2N2O3. The summed E-state index contributed by atoms with van der Waals surface area (Å²) >= 11 is 12.2. The van der Waals surface area contributed by atoms with Gasteiger partial charge in [-0.3, -0.25) is 0 Å². The molecule has 7 heteroatoms. The highest BCUT2D eigenvalue weighted by molar-refractivity contribution is 6.39. The van der Waals surface area contributed by atoms with Crippen molar-refractivity contribution in [2.75, 3.05) is 12.0 Å². The number of carboxylic acids is 1. The van der Waals surface area contributed by atoms with Crippen LogP contribution in [0.5, 0.6) is 0 Å². The number of anilines is 1. The fraction of sp³-hybridized carbons (Fsp3) is 0.0556. The lowest BCUT2D eigenvalue weighted by Gasteiger charge is -2.05. The molecule has 0 atom stereocenters. The maximum atomic E-state index is 11.5. The van der Waals surface area contributed by atoms with Gasteiger partial charge >= 0.3 is 5.97 Å². The smallest absolute Gasteiger partial charge is 0.352 e. The Bertz CT molecular complexity index is 936. The van der Waals surface area contributed by atoms with Crippen LogP contribution in [0.15, 0.2) is 48.7 Å². The molecule has 0 radical (unpaired) electrons. The Balaban J connectivity index is 1.80. The highest BCUT2D eigenvalue weighted by atomic mass is 35.5. The Hall–Kier alpha value is -2.63. The van der Waals surface area contributed by atoms with Crippen LogP contribution in [0.3, 0.4) is 0 Å². The van der Waals surface area contributed by atoms with E-state index in [-0.39, 0.29) is 12.4 Å². The van der Waals surface area contributed by atoms with E-state index in [2.05, 4.69) is 10.3 Å². The first-order valence-electron chi connectivity index (χ1n) is 7.37. The maximum absolute atomic E-state index is 11.5. The highest BCUT2D eigenvalue weighted by Gasteiger charge is 2.17. The summed E-state index contributed by atoms with van der Waals surface area (Å²) in [5.74, 6) is -1.09. The Morgan fingerprint density at radius 3 is 2.72 bits per heavy atom. The number of aromatic nitrogens is 1. The number of hydrogen-bond acceptors (Lipinski definition) is 3. The van der Waals surface area contributed by atoms with Crippen molar-refractivity contribution in [2.45, 2.75) is 0 Å². The molecule has 5 nitrogen and oxygen atoms in total.